The van der Waals surface area contributed by atoms with Gasteiger partial charge in [0.1, 0.15) is 12.4 Å². The number of imidazole rings is 1. The van der Waals surface area contributed by atoms with Crippen molar-refractivity contribution in [3.63, 3.8) is 0 Å². The zero-order valence-electron chi connectivity index (χ0n) is 5.65. The number of nitrogens with zero attached hydrogens (tertiary/aromatic N) is 2. The van der Waals surface area contributed by atoms with Crippen molar-refractivity contribution < 1.29 is 9.67 Å². The molecule has 1 unspecified atom stereocenters. The van der Waals surface area contributed by atoms with Gasteiger partial charge in [-0.3, -0.25) is 0 Å². The molecule has 9 heavy (non-hydrogen) atoms. The summed E-state index contributed by atoms with van der Waals surface area (Å²) in [6.45, 7) is 1.72. The summed E-state index contributed by atoms with van der Waals surface area (Å²) in [6.07, 6.45) is 5.10. The van der Waals surface area contributed by atoms with Gasteiger partial charge in [-0.1, -0.05) is 0 Å². The third kappa shape index (κ3) is 1.29. The molecule has 1 rings (SSSR count). The summed E-state index contributed by atoms with van der Waals surface area (Å²) < 4.78 is 3.60. The van der Waals surface area contributed by atoms with Crippen molar-refractivity contribution in [3.05, 3.63) is 18.7 Å². The highest BCUT2D eigenvalue weighted by Crippen LogP contribution is 1.95. The highest BCUT2D eigenvalue weighted by atomic mass is 16.3. The minimum absolute atomic E-state index is 0.425. The molecule has 0 aromatic carbocycles. The first-order valence-electron chi connectivity index (χ1n) is 2.91. The Morgan fingerprint density at radius 3 is 2.56 bits per heavy atom. The third-order valence-electron chi connectivity index (χ3n) is 1.22. The van der Waals surface area contributed by atoms with Gasteiger partial charge in [0.05, 0.1) is 7.05 Å². The van der Waals surface area contributed by atoms with E-state index in [0.717, 1.165) is 0 Å². The summed E-state index contributed by atoms with van der Waals surface area (Å²) in [5.41, 5.74) is 0. The minimum atomic E-state index is -0.425. The number of aromatic nitrogens is 2. The van der Waals surface area contributed by atoms with Crippen LogP contribution in [0.4, 0.5) is 0 Å². The second-order valence-electron chi connectivity index (χ2n) is 2.16. The highest BCUT2D eigenvalue weighted by molar-refractivity contribution is 4.66. The molecular formula is C6H11N2O+. The topological polar surface area (TPSA) is 29.0 Å². The lowest BCUT2D eigenvalue weighted by atomic mass is 10.6. The highest BCUT2D eigenvalue weighted by Gasteiger charge is 2.03. The van der Waals surface area contributed by atoms with Crippen LogP contribution in [-0.2, 0) is 7.05 Å². The summed E-state index contributed by atoms with van der Waals surface area (Å²) in [5, 5.41) is 8.99. The molecule has 3 heteroatoms. The van der Waals surface area contributed by atoms with E-state index < -0.39 is 6.23 Å². The van der Waals surface area contributed by atoms with E-state index in [1.165, 1.54) is 0 Å². The summed E-state index contributed by atoms with van der Waals surface area (Å²) in [6, 6.07) is 0. The average Bonchev–Trinajstić information content (AvgIpc) is 2.14. The molecule has 50 valence electrons. The Hall–Kier alpha value is -0.830. The zero-order valence-corrected chi connectivity index (χ0v) is 5.65. The predicted octanol–water partition coefficient (Wildman–Crippen LogP) is -0.177. The van der Waals surface area contributed by atoms with Crippen LogP contribution >= 0.6 is 0 Å². The van der Waals surface area contributed by atoms with Crippen molar-refractivity contribution >= 4 is 0 Å². The molecule has 0 bridgehead atoms. The Balaban J connectivity index is 2.85. The first kappa shape index (κ1) is 6.29. The van der Waals surface area contributed by atoms with Gasteiger partial charge in [-0.25, -0.2) is 9.13 Å². The van der Waals surface area contributed by atoms with Gasteiger partial charge in [-0.05, 0) is 0 Å². The molecule has 0 aliphatic carbocycles. The van der Waals surface area contributed by atoms with Crippen LogP contribution in [0.5, 0.6) is 0 Å². The van der Waals surface area contributed by atoms with Crippen molar-refractivity contribution in [1.82, 2.24) is 4.57 Å². The molecule has 0 saturated heterocycles. The van der Waals surface area contributed by atoms with Crippen molar-refractivity contribution in [1.29, 1.82) is 0 Å². The molecule has 1 N–H and O–H groups in total. The average molecular weight is 127 g/mol. The zero-order chi connectivity index (χ0) is 6.85. The molecule has 1 atom stereocenters. The first-order valence-corrected chi connectivity index (χ1v) is 2.91. The number of rotatable bonds is 1. The van der Waals surface area contributed by atoms with Crippen LogP contribution in [0.2, 0.25) is 0 Å². The van der Waals surface area contributed by atoms with Crippen LogP contribution in [0.1, 0.15) is 13.2 Å². The van der Waals surface area contributed by atoms with E-state index in [2.05, 4.69) is 0 Å². The lowest BCUT2D eigenvalue weighted by molar-refractivity contribution is -0.671. The van der Waals surface area contributed by atoms with Crippen LogP contribution in [0.15, 0.2) is 18.7 Å². The lowest BCUT2D eigenvalue weighted by Crippen LogP contribution is -2.24. The lowest BCUT2D eigenvalue weighted by Gasteiger charge is -1.94. The Morgan fingerprint density at radius 1 is 1.67 bits per heavy atom. The van der Waals surface area contributed by atoms with Crippen molar-refractivity contribution in [2.75, 3.05) is 0 Å². The number of aliphatic hydroxyl groups is 1. The second-order valence-corrected chi connectivity index (χ2v) is 2.16. The van der Waals surface area contributed by atoms with Gasteiger partial charge in [0.25, 0.3) is 0 Å². The normalized spacial score (nSPS) is 13.7. The van der Waals surface area contributed by atoms with Crippen molar-refractivity contribution in [2.45, 2.75) is 13.2 Å². The van der Waals surface area contributed by atoms with E-state index in [1.807, 2.05) is 30.3 Å². The predicted molar refractivity (Wildman–Crippen MR) is 32.5 cm³/mol. The Morgan fingerprint density at radius 2 is 2.33 bits per heavy atom. The fourth-order valence-corrected chi connectivity index (χ4v) is 0.690. The van der Waals surface area contributed by atoms with E-state index in [1.54, 1.807) is 11.5 Å². The molecule has 0 aliphatic rings. The summed E-state index contributed by atoms with van der Waals surface area (Å²) in [7, 11) is 1.92. The van der Waals surface area contributed by atoms with Gasteiger partial charge in [-0.2, -0.15) is 0 Å². The second kappa shape index (κ2) is 2.19. The van der Waals surface area contributed by atoms with Gasteiger partial charge < -0.3 is 5.11 Å². The summed E-state index contributed by atoms with van der Waals surface area (Å²) in [5.74, 6) is 0. The quantitative estimate of drug-likeness (QED) is 0.521. The third-order valence-corrected chi connectivity index (χ3v) is 1.22. The Labute approximate surface area is 54.2 Å². The molecule has 3 nitrogen and oxygen atoms in total. The van der Waals surface area contributed by atoms with Gasteiger partial charge in [0.15, 0.2) is 6.23 Å². The van der Waals surface area contributed by atoms with Gasteiger partial charge in [0, 0.05) is 6.92 Å². The van der Waals surface area contributed by atoms with E-state index >= 15 is 0 Å². The molecule has 0 fully saturated rings. The molecular weight excluding hydrogens is 116 g/mol. The molecule has 1 heterocycles. The van der Waals surface area contributed by atoms with E-state index in [0.29, 0.717) is 0 Å². The van der Waals surface area contributed by atoms with Gasteiger partial charge in [-0.15, -0.1) is 0 Å². The maximum Gasteiger partial charge on any atom is 0.245 e. The number of aliphatic hydroxyl groups excluding tert-OH is 1. The summed E-state index contributed by atoms with van der Waals surface area (Å²) in [4.78, 5) is 0. The molecule has 0 saturated carbocycles. The monoisotopic (exact) mass is 127 g/mol. The minimum Gasteiger partial charge on any atom is -0.355 e. The van der Waals surface area contributed by atoms with Gasteiger partial charge in [0.2, 0.25) is 6.33 Å². The van der Waals surface area contributed by atoms with Crippen LogP contribution in [0, 0.1) is 0 Å². The summed E-state index contributed by atoms with van der Waals surface area (Å²) >= 11 is 0. The van der Waals surface area contributed by atoms with Crippen LogP contribution in [0.3, 0.4) is 0 Å². The fourth-order valence-electron chi connectivity index (χ4n) is 0.690. The van der Waals surface area contributed by atoms with Crippen LogP contribution in [-0.4, -0.2) is 9.67 Å². The van der Waals surface area contributed by atoms with Gasteiger partial charge >= 0.3 is 0 Å². The molecule has 1 aromatic rings. The number of hydrogen-bond donors (Lipinski definition) is 1. The van der Waals surface area contributed by atoms with Crippen LogP contribution in [0.25, 0.3) is 0 Å². The number of aryl methyl sites for hydroxylation is 1. The van der Waals surface area contributed by atoms with Crippen molar-refractivity contribution in [3.8, 4) is 0 Å². The Kier molecular flexibility index (Phi) is 1.53. The van der Waals surface area contributed by atoms with Crippen molar-refractivity contribution in [2.24, 2.45) is 7.05 Å². The maximum atomic E-state index is 8.99. The Bertz CT molecular complexity index is 193. The maximum absolute atomic E-state index is 8.99. The standard InChI is InChI=1S/C6H11N2O/c1-6(9)8-4-3-7(2)5-8/h3-6,9H,1-2H3/q+1. The van der Waals surface area contributed by atoms with Crippen LogP contribution < -0.4 is 4.57 Å². The SMILES string of the molecule is CC(O)n1cc[n+](C)c1. The smallest absolute Gasteiger partial charge is 0.245 e. The van der Waals surface area contributed by atoms with E-state index in [4.69, 9.17) is 5.11 Å². The molecule has 0 amide bonds. The molecule has 0 radical (unpaired) electrons. The molecule has 0 aliphatic heterocycles. The molecule has 1 aromatic heterocycles. The van der Waals surface area contributed by atoms with E-state index in [9.17, 15) is 0 Å². The number of hydrogen-bond acceptors (Lipinski definition) is 1. The largest absolute Gasteiger partial charge is 0.355 e. The fraction of sp³-hybridized carbons (Fsp3) is 0.500. The first-order chi connectivity index (χ1) is 4.20. The van der Waals surface area contributed by atoms with E-state index in [-0.39, 0.29) is 0 Å². The molecule has 0 spiro atoms.